The van der Waals surface area contributed by atoms with E-state index in [0.29, 0.717) is 29.3 Å². The highest BCUT2D eigenvalue weighted by atomic mass is 79.9. The van der Waals surface area contributed by atoms with Gasteiger partial charge in [0.2, 0.25) is 0 Å². The first-order chi connectivity index (χ1) is 15.7. The Morgan fingerprint density at radius 2 is 1.97 bits per heavy atom. The van der Waals surface area contributed by atoms with Gasteiger partial charge in [-0.25, -0.2) is 4.79 Å². The zero-order chi connectivity index (χ0) is 23.8. The minimum atomic E-state index is -0.641. The Labute approximate surface area is 204 Å². The van der Waals surface area contributed by atoms with E-state index in [2.05, 4.69) is 20.9 Å². The highest BCUT2D eigenvalue weighted by molar-refractivity contribution is 9.11. The highest BCUT2D eigenvalue weighted by Gasteiger charge is 2.27. The Hall–Kier alpha value is -2.52. The number of amides is 1. The number of H-pyrrole nitrogens is 1. The van der Waals surface area contributed by atoms with Crippen LogP contribution in [0.5, 0.6) is 11.5 Å². The van der Waals surface area contributed by atoms with Gasteiger partial charge in [0.05, 0.1) is 20.3 Å². The molecule has 4 rings (SSSR count). The highest BCUT2D eigenvalue weighted by Crippen LogP contribution is 2.44. The second kappa shape index (κ2) is 9.38. The molecule has 0 bridgehead atoms. The van der Waals surface area contributed by atoms with Gasteiger partial charge >= 0.3 is 6.09 Å². The van der Waals surface area contributed by atoms with Gasteiger partial charge in [0, 0.05) is 17.6 Å². The van der Waals surface area contributed by atoms with Gasteiger partial charge in [-0.15, -0.1) is 11.3 Å². The third-order valence-electron chi connectivity index (χ3n) is 5.31. The molecule has 1 aromatic carbocycles. The van der Waals surface area contributed by atoms with Crippen molar-refractivity contribution in [3.05, 3.63) is 55.2 Å². The smallest absolute Gasteiger partial charge is 0.410 e. The van der Waals surface area contributed by atoms with E-state index in [1.54, 1.807) is 12.0 Å². The lowest BCUT2D eigenvalue weighted by atomic mass is 10.0. The summed E-state index contributed by atoms with van der Waals surface area (Å²) in [6, 6.07) is 7.55. The zero-order valence-corrected chi connectivity index (χ0v) is 21.5. The standard InChI is InChI=1S/C24H27BrN2O5S/c1-24(2,3)32-23(29)27(12-14-7-9-15(30-4)10-8-14)13-17-16-6-5-11-31-19-18(16)20(22(28)26-17)33-21(19)25/h7-10H,5-6,11-13H2,1-4H3,(H,26,28). The number of carbonyl (C=O) groups excluding carboxylic acids is 1. The van der Waals surface area contributed by atoms with Crippen molar-refractivity contribution in [2.45, 2.75) is 52.3 Å². The lowest BCUT2D eigenvalue weighted by Crippen LogP contribution is -2.37. The van der Waals surface area contributed by atoms with E-state index < -0.39 is 11.7 Å². The summed E-state index contributed by atoms with van der Waals surface area (Å²) in [4.78, 5) is 30.7. The van der Waals surface area contributed by atoms with E-state index in [1.807, 2.05) is 45.0 Å². The first-order valence-electron chi connectivity index (χ1n) is 10.8. The molecule has 1 aliphatic heterocycles. The summed E-state index contributed by atoms with van der Waals surface area (Å²) in [5, 5.41) is 0.844. The Kier molecular flexibility index (Phi) is 6.72. The van der Waals surface area contributed by atoms with Crippen molar-refractivity contribution in [1.29, 1.82) is 0 Å². The van der Waals surface area contributed by atoms with E-state index in [1.165, 1.54) is 11.3 Å². The molecule has 0 radical (unpaired) electrons. The van der Waals surface area contributed by atoms with Crippen LogP contribution in [0, 0.1) is 0 Å². The number of aromatic amines is 1. The lowest BCUT2D eigenvalue weighted by molar-refractivity contribution is 0.0213. The average molecular weight is 535 g/mol. The number of nitrogens with one attached hydrogen (secondary N) is 1. The second-order valence-electron chi connectivity index (χ2n) is 8.96. The van der Waals surface area contributed by atoms with E-state index in [-0.39, 0.29) is 12.1 Å². The summed E-state index contributed by atoms with van der Waals surface area (Å²) in [6.07, 6.45) is 1.14. The van der Waals surface area contributed by atoms with Gasteiger partial charge in [0.25, 0.3) is 5.56 Å². The first-order valence-corrected chi connectivity index (χ1v) is 12.4. The molecule has 9 heteroatoms. The van der Waals surface area contributed by atoms with Crippen LogP contribution >= 0.6 is 27.3 Å². The predicted octanol–water partition coefficient (Wildman–Crippen LogP) is 5.62. The van der Waals surface area contributed by atoms with E-state index >= 15 is 0 Å². The number of nitrogens with zero attached hydrogens (tertiary/aromatic N) is 1. The van der Waals surface area contributed by atoms with Crippen LogP contribution in [0.15, 0.2) is 32.8 Å². The third-order valence-corrected chi connectivity index (χ3v) is 7.12. The minimum Gasteiger partial charge on any atom is -0.497 e. The van der Waals surface area contributed by atoms with Gasteiger partial charge in [-0.2, -0.15) is 0 Å². The number of benzene rings is 1. The number of halogens is 1. The van der Waals surface area contributed by atoms with Crippen LogP contribution in [0.4, 0.5) is 4.79 Å². The molecule has 0 saturated carbocycles. The summed E-state index contributed by atoms with van der Waals surface area (Å²) in [6.45, 7) is 6.64. The SMILES string of the molecule is COc1ccc(CN(Cc2[nH]c(=O)c3sc(Br)c4c3c2CCCO4)C(=O)OC(C)(C)C)cc1. The van der Waals surface area contributed by atoms with Crippen LogP contribution in [0.2, 0.25) is 0 Å². The van der Waals surface area contributed by atoms with E-state index in [4.69, 9.17) is 14.2 Å². The molecule has 1 N–H and O–H groups in total. The Bertz CT molecular complexity index is 1230. The van der Waals surface area contributed by atoms with Crippen LogP contribution < -0.4 is 15.0 Å². The number of thiophene rings is 1. The van der Waals surface area contributed by atoms with E-state index in [9.17, 15) is 9.59 Å². The molecule has 33 heavy (non-hydrogen) atoms. The number of hydrogen-bond acceptors (Lipinski definition) is 6. The molecule has 1 amide bonds. The lowest BCUT2D eigenvalue weighted by Gasteiger charge is -2.28. The molecule has 1 aliphatic rings. The van der Waals surface area contributed by atoms with Crippen molar-refractivity contribution in [2.24, 2.45) is 0 Å². The van der Waals surface area contributed by atoms with Gasteiger partial charge < -0.3 is 19.2 Å². The van der Waals surface area contributed by atoms with Crippen LogP contribution in [0.1, 0.15) is 44.0 Å². The maximum atomic E-state index is 13.1. The fraction of sp³-hybridized carbons (Fsp3) is 0.417. The number of methoxy groups -OCH3 is 1. The Balaban J connectivity index is 1.73. The van der Waals surface area contributed by atoms with Gasteiger partial charge in [-0.05, 0) is 72.8 Å². The fourth-order valence-corrected chi connectivity index (χ4v) is 5.55. The molecule has 0 spiro atoms. The number of rotatable bonds is 5. The molecule has 0 atom stereocenters. The van der Waals surface area contributed by atoms with Gasteiger partial charge in [0.15, 0.2) is 5.75 Å². The number of aryl methyl sites for hydroxylation is 1. The first kappa shape index (κ1) is 23.6. The molecular weight excluding hydrogens is 508 g/mol. The largest absolute Gasteiger partial charge is 0.497 e. The fourth-order valence-electron chi connectivity index (χ4n) is 3.86. The average Bonchev–Trinajstić information content (AvgIpc) is 2.93. The topological polar surface area (TPSA) is 80.9 Å². The number of ether oxygens (including phenoxy) is 3. The molecule has 3 aromatic rings. The van der Waals surface area contributed by atoms with Crippen molar-refractivity contribution in [1.82, 2.24) is 9.88 Å². The normalized spacial score (nSPS) is 13.4. The summed E-state index contributed by atoms with van der Waals surface area (Å²) in [5.41, 5.74) is 1.83. The molecule has 176 valence electrons. The quantitative estimate of drug-likeness (QED) is 0.459. The van der Waals surface area contributed by atoms with Crippen LogP contribution in [-0.4, -0.2) is 35.3 Å². The van der Waals surface area contributed by atoms with Crippen molar-refractivity contribution in [2.75, 3.05) is 13.7 Å². The van der Waals surface area contributed by atoms with Gasteiger partial charge in [-0.1, -0.05) is 12.1 Å². The van der Waals surface area contributed by atoms with Crippen LogP contribution in [-0.2, 0) is 24.2 Å². The molecular formula is C24H27BrN2O5S. The van der Waals surface area contributed by atoms with Gasteiger partial charge in [0.1, 0.15) is 19.8 Å². The molecule has 0 aliphatic carbocycles. The Morgan fingerprint density at radius 1 is 1.24 bits per heavy atom. The summed E-state index contributed by atoms with van der Waals surface area (Å²) < 4.78 is 18.3. The third kappa shape index (κ3) is 5.19. The molecule has 0 fully saturated rings. The second-order valence-corrected chi connectivity index (χ2v) is 11.3. The van der Waals surface area contributed by atoms with Crippen molar-refractivity contribution >= 4 is 43.4 Å². The summed E-state index contributed by atoms with van der Waals surface area (Å²) >= 11 is 4.91. The summed E-state index contributed by atoms with van der Waals surface area (Å²) in [7, 11) is 1.61. The molecule has 0 unspecified atom stereocenters. The number of aromatic nitrogens is 1. The molecule has 3 heterocycles. The zero-order valence-electron chi connectivity index (χ0n) is 19.1. The maximum Gasteiger partial charge on any atom is 0.410 e. The number of pyridine rings is 1. The van der Waals surface area contributed by atoms with Crippen molar-refractivity contribution in [3.63, 3.8) is 0 Å². The van der Waals surface area contributed by atoms with Crippen molar-refractivity contribution in [3.8, 4) is 11.5 Å². The van der Waals surface area contributed by atoms with Crippen LogP contribution in [0.25, 0.3) is 10.1 Å². The van der Waals surface area contributed by atoms with Gasteiger partial charge in [-0.3, -0.25) is 9.69 Å². The number of carbonyl (C=O) groups is 1. The predicted molar refractivity (Wildman–Crippen MR) is 132 cm³/mol. The summed E-state index contributed by atoms with van der Waals surface area (Å²) in [5.74, 6) is 1.46. The Morgan fingerprint density at radius 3 is 2.64 bits per heavy atom. The molecule has 0 saturated heterocycles. The monoisotopic (exact) mass is 534 g/mol. The molecule has 2 aromatic heterocycles. The van der Waals surface area contributed by atoms with E-state index in [0.717, 1.165) is 38.9 Å². The maximum absolute atomic E-state index is 13.1. The molecule has 7 nitrogen and oxygen atoms in total. The minimum absolute atomic E-state index is 0.181. The van der Waals surface area contributed by atoms with Crippen LogP contribution in [0.3, 0.4) is 0 Å². The number of hydrogen-bond donors (Lipinski definition) is 1. The van der Waals surface area contributed by atoms with Crippen molar-refractivity contribution < 1.29 is 19.0 Å².